The largest absolute Gasteiger partial charge is 0.490 e. The highest BCUT2D eigenvalue weighted by molar-refractivity contribution is 5.93. The Morgan fingerprint density at radius 3 is 2.69 bits per heavy atom. The van der Waals surface area contributed by atoms with Crippen LogP contribution in [0.15, 0.2) is 23.2 Å². The maximum Gasteiger partial charge on any atom is 0.195 e. The zero-order valence-corrected chi connectivity index (χ0v) is 15.6. The summed E-state index contributed by atoms with van der Waals surface area (Å²) in [6, 6.07) is 5.89. The van der Waals surface area contributed by atoms with Crippen LogP contribution in [0.25, 0.3) is 0 Å². The number of morpholine rings is 1. The number of fused-ring (bicyclic) bond motifs is 1. The summed E-state index contributed by atoms with van der Waals surface area (Å²) in [5.41, 5.74) is 0.940. The molecule has 26 heavy (non-hydrogen) atoms. The van der Waals surface area contributed by atoms with Gasteiger partial charge in [0.2, 0.25) is 0 Å². The zero-order valence-electron chi connectivity index (χ0n) is 15.6. The van der Waals surface area contributed by atoms with E-state index in [0.717, 1.165) is 75.4 Å². The molecule has 0 spiro atoms. The number of hydrogen-bond acceptors (Lipinski definition) is 5. The van der Waals surface area contributed by atoms with Gasteiger partial charge in [-0.05, 0) is 31.5 Å². The Labute approximate surface area is 155 Å². The van der Waals surface area contributed by atoms with Crippen LogP contribution in [0, 0.1) is 0 Å². The molecule has 2 aliphatic heterocycles. The van der Waals surface area contributed by atoms with Crippen LogP contribution in [0.2, 0.25) is 0 Å². The molecular weight excluding hydrogens is 332 g/mol. The second-order valence-electron chi connectivity index (χ2n) is 6.50. The molecule has 0 atom stereocenters. The van der Waals surface area contributed by atoms with E-state index in [1.807, 2.05) is 18.2 Å². The summed E-state index contributed by atoms with van der Waals surface area (Å²) in [6.45, 7) is 7.27. The Kier molecular flexibility index (Phi) is 7.39. The van der Waals surface area contributed by atoms with E-state index >= 15 is 0 Å². The highest BCUT2D eigenvalue weighted by atomic mass is 16.5. The van der Waals surface area contributed by atoms with Crippen molar-refractivity contribution in [3.8, 4) is 11.5 Å². The van der Waals surface area contributed by atoms with Gasteiger partial charge in [-0.2, -0.15) is 0 Å². The minimum atomic E-state index is 0.687. The molecule has 0 saturated carbocycles. The maximum atomic E-state index is 5.74. The summed E-state index contributed by atoms with van der Waals surface area (Å²) in [5.74, 6) is 2.36. The Morgan fingerprint density at radius 2 is 1.88 bits per heavy atom. The molecule has 1 aromatic carbocycles. The monoisotopic (exact) mass is 362 g/mol. The van der Waals surface area contributed by atoms with Gasteiger partial charge < -0.3 is 24.8 Å². The minimum absolute atomic E-state index is 0.687. The van der Waals surface area contributed by atoms with Gasteiger partial charge in [0.25, 0.3) is 0 Å². The van der Waals surface area contributed by atoms with Crippen molar-refractivity contribution in [2.45, 2.75) is 19.3 Å². The van der Waals surface area contributed by atoms with Gasteiger partial charge in [-0.15, -0.1) is 0 Å². The predicted molar refractivity (Wildman–Crippen MR) is 104 cm³/mol. The summed E-state index contributed by atoms with van der Waals surface area (Å²) in [6.07, 6.45) is 3.19. The summed E-state index contributed by atoms with van der Waals surface area (Å²) in [4.78, 5) is 6.76. The topological polar surface area (TPSA) is 67.4 Å². The number of hydrogen-bond donors (Lipinski definition) is 2. The fraction of sp³-hybridized carbons (Fsp3) is 0.632. The van der Waals surface area contributed by atoms with E-state index in [1.165, 1.54) is 6.42 Å². The summed E-state index contributed by atoms with van der Waals surface area (Å²) >= 11 is 0. The molecule has 7 heteroatoms. The first-order chi connectivity index (χ1) is 12.8. The molecular formula is C19H30N4O3. The number of benzene rings is 1. The van der Waals surface area contributed by atoms with Gasteiger partial charge in [0.15, 0.2) is 17.5 Å². The standard InChI is InChI=1S/C19H30N4O3/c1-20-19(21-7-2-3-8-23-9-13-24-14-10-23)22-16-5-6-17-18(15-16)26-12-4-11-25-17/h5-6,15H,2-4,7-14H2,1H3,(H2,20,21,22). The van der Waals surface area contributed by atoms with E-state index in [9.17, 15) is 0 Å². The van der Waals surface area contributed by atoms with Crippen molar-refractivity contribution in [2.24, 2.45) is 4.99 Å². The molecule has 0 aliphatic carbocycles. The predicted octanol–water partition coefficient (Wildman–Crippen LogP) is 1.95. The molecule has 7 nitrogen and oxygen atoms in total. The van der Waals surface area contributed by atoms with E-state index in [2.05, 4.69) is 20.5 Å². The Bertz CT molecular complexity index is 588. The molecule has 144 valence electrons. The van der Waals surface area contributed by atoms with Crippen molar-refractivity contribution in [3.05, 3.63) is 18.2 Å². The van der Waals surface area contributed by atoms with Crippen molar-refractivity contribution in [1.82, 2.24) is 10.2 Å². The van der Waals surface area contributed by atoms with Gasteiger partial charge in [-0.1, -0.05) is 0 Å². The van der Waals surface area contributed by atoms with Crippen molar-refractivity contribution < 1.29 is 14.2 Å². The van der Waals surface area contributed by atoms with Crippen molar-refractivity contribution in [1.29, 1.82) is 0 Å². The SMILES string of the molecule is CN=C(NCCCCN1CCOCC1)Nc1ccc2c(c1)OCCCO2. The average Bonchev–Trinajstić information content (AvgIpc) is 2.92. The van der Waals surface area contributed by atoms with E-state index in [-0.39, 0.29) is 0 Å². The third-order valence-electron chi connectivity index (χ3n) is 4.53. The highest BCUT2D eigenvalue weighted by Crippen LogP contribution is 2.32. The van der Waals surface area contributed by atoms with Crippen LogP contribution >= 0.6 is 0 Å². The van der Waals surface area contributed by atoms with Gasteiger partial charge >= 0.3 is 0 Å². The van der Waals surface area contributed by atoms with Crippen LogP contribution in [-0.4, -0.2) is 70.5 Å². The van der Waals surface area contributed by atoms with Crippen LogP contribution in [0.1, 0.15) is 19.3 Å². The van der Waals surface area contributed by atoms with Crippen molar-refractivity contribution in [3.63, 3.8) is 0 Å². The number of guanidine groups is 1. The average molecular weight is 362 g/mol. The van der Waals surface area contributed by atoms with Crippen LogP contribution in [0.4, 0.5) is 5.69 Å². The lowest BCUT2D eigenvalue weighted by Crippen LogP contribution is -2.37. The fourth-order valence-corrected chi connectivity index (χ4v) is 3.05. The summed E-state index contributed by atoms with van der Waals surface area (Å²) < 4.78 is 16.8. The number of nitrogens with one attached hydrogen (secondary N) is 2. The van der Waals surface area contributed by atoms with E-state index in [1.54, 1.807) is 7.05 Å². The molecule has 1 saturated heterocycles. The van der Waals surface area contributed by atoms with Gasteiger partial charge in [-0.25, -0.2) is 0 Å². The molecule has 1 aromatic rings. The molecule has 1 fully saturated rings. The quantitative estimate of drug-likeness (QED) is 0.458. The Morgan fingerprint density at radius 1 is 1.08 bits per heavy atom. The fourth-order valence-electron chi connectivity index (χ4n) is 3.05. The van der Waals surface area contributed by atoms with E-state index < -0.39 is 0 Å². The zero-order chi connectivity index (χ0) is 18.0. The van der Waals surface area contributed by atoms with Gasteiger partial charge in [-0.3, -0.25) is 9.89 Å². The molecule has 0 unspecified atom stereocenters. The first-order valence-electron chi connectivity index (χ1n) is 9.52. The van der Waals surface area contributed by atoms with Gasteiger partial charge in [0.05, 0.1) is 26.4 Å². The third kappa shape index (κ3) is 5.78. The molecule has 3 rings (SSSR count). The first-order valence-corrected chi connectivity index (χ1v) is 9.52. The number of nitrogens with zero attached hydrogens (tertiary/aromatic N) is 2. The second kappa shape index (κ2) is 10.2. The molecule has 0 radical (unpaired) electrons. The lowest BCUT2D eigenvalue weighted by atomic mass is 10.2. The summed E-state index contributed by atoms with van der Waals surface area (Å²) in [7, 11) is 1.78. The van der Waals surface area contributed by atoms with Crippen LogP contribution in [-0.2, 0) is 4.74 Å². The number of aliphatic imine (C=N–C) groups is 1. The van der Waals surface area contributed by atoms with Gasteiger partial charge in [0.1, 0.15) is 0 Å². The van der Waals surface area contributed by atoms with E-state index in [0.29, 0.717) is 13.2 Å². The molecule has 0 aromatic heterocycles. The van der Waals surface area contributed by atoms with Crippen LogP contribution in [0.3, 0.4) is 0 Å². The van der Waals surface area contributed by atoms with Crippen molar-refractivity contribution >= 4 is 11.6 Å². The van der Waals surface area contributed by atoms with Gasteiger partial charge in [0, 0.05) is 44.9 Å². The molecule has 0 amide bonds. The number of rotatable bonds is 6. The Hall–Kier alpha value is -1.99. The van der Waals surface area contributed by atoms with E-state index in [4.69, 9.17) is 14.2 Å². The molecule has 0 bridgehead atoms. The molecule has 2 heterocycles. The third-order valence-corrected chi connectivity index (χ3v) is 4.53. The molecule has 2 N–H and O–H groups in total. The number of ether oxygens (including phenoxy) is 3. The normalized spacial score (nSPS) is 18.3. The van der Waals surface area contributed by atoms with Crippen LogP contribution < -0.4 is 20.1 Å². The minimum Gasteiger partial charge on any atom is -0.490 e. The highest BCUT2D eigenvalue weighted by Gasteiger charge is 2.12. The lowest BCUT2D eigenvalue weighted by Gasteiger charge is -2.26. The maximum absolute atomic E-state index is 5.74. The summed E-state index contributed by atoms with van der Waals surface area (Å²) in [5, 5.41) is 6.69. The van der Waals surface area contributed by atoms with Crippen molar-refractivity contribution in [2.75, 3.05) is 65.0 Å². The number of unbranched alkanes of at least 4 members (excludes halogenated alkanes) is 1. The first kappa shape index (κ1) is 18.8. The molecule has 2 aliphatic rings. The van der Waals surface area contributed by atoms with Crippen LogP contribution in [0.5, 0.6) is 11.5 Å². The Balaban J connectivity index is 1.39. The number of anilines is 1. The smallest absolute Gasteiger partial charge is 0.195 e. The lowest BCUT2D eigenvalue weighted by molar-refractivity contribution is 0.0372. The second-order valence-corrected chi connectivity index (χ2v) is 6.50.